The predicted octanol–water partition coefficient (Wildman–Crippen LogP) is 13.3. The Morgan fingerprint density at radius 3 is 2.19 bits per heavy atom. The second-order valence-electron chi connectivity index (χ2n) is 15.7. The molecule has 1 aromatic heterocycles. The fourth-order valence-corrected chi connectivity index (χ4v) is 9.88. The van der Waals surface area contributed by atoms with Gasteiger partial charge in [0, 0.05) is 56.6 Å². The fraction of sp³-hybridized carbons (Fsp3) is 0.137. The van der Waals surface area contributed by atoms with Crippen LogP contribution in [-0.2, 0) is 5.41 Å². The zero-order valence-electron chi connectivity index (χ0n) is 30.4. The van der Waals surface area contributed by atoms with Crippen LogP contribution in [0.15, 0.2) is 192 Å². The Hall–Kier alpha value is -6.32. The van der Waals surface area contributed by atoms with Gasteiger partial charge in [0.05, 0.1) is 6.04 Å². The van der Waals surface area contributed by atoms with Gasteiger partial charge in [0.15, 0.2) is 0 Å². The number of hydrogen-bond donors (Lipinski definition) is 0. The minimum Gasteiger partial charge on any atom is -0.456 e. The van der Waals surface area contributed by atoms with Gasteiger partial charge in [0.2, 0.25) is 0 Å². The van der Waals surface area contributed by atoms with Gasteiger partial charge >= 0.3 is 0 Å². The third-order valence-electron chi connectivity index (χ3n) is 12.5. The molecule has 0 radical (unpaired) electrons. The van der Waals surface area contributed by atoms with E-state index in [1.54, 1.807) is 0 Å². The Labute approximate surface area is 316 Å². The van der Waals surface area contributed by atoms with E-state index in [1.165, 1.54) is 50.3 Å². The molecule has 2 heterocycles. The summed E-state index contributed by atoms with van der Waals surface area (Å²) in [5, 5.41) is 2.34. The largest absolute Gasteiger partial charge is 0.456 e. The first-order valence-electron chi connectivity index (χ1n) is 19.2. The van der Waals surface area contributed by atoms with Crippen LogP contribution in [-0.4, -0.2) is 6.04 Å². The topological polar surface area (TPSA) is 19.6 Å². The van der Waals surface area contributed by atoms with Crippen molar-refractivity contribution in [3.8, 4) is 11.1 Å². The number of fused-ring (bicyclic) bond motifs is 10. The van der Waals surface area contributed by atoms with E-state index in [2.05, 4.69) is 206 Å². The monoisotopic (exact) mass is 696 g/mol. The van der Waals surface area contributed by atoms with Crippen molar-refractivity contribution in [3.63, 3.8) is 0 Å². The summed E-state index contributed by atoms with van der Waals surface area (Å²) in [4.78, 5) is 4.98. The maximum Gasteiger partial charge on any atom is 0.141 e. The van der Waals surface area contributed by atoms with Crippen LogP contribution >= 0.6 is 0 Å². The summed E-state index contributed by atoms with van der Waals surface area (Å²) < 4.78 is 6.69. The number of benzene rings is 6. The Bertz CT molecular complexity index is 2710. The molecule has 0 bridgehead atoms. The van der Waals surface area contributed by atoms with Crippen LogP contribution in [0.1, 0.15) is 42.4 Å². The van der Waals surface area contributed by atoms with E-state index < -0.39 is 0 Å². The maximum absolute atomic E-state index is 6.69. The van der Waals surface area contributed by atoms with Crippen molar-refractivity contribution in [2.45, 2.75) is 37.1 Å². The van der Waals surface area contributed by atoms with Crippen molar-refractivity contribution in [2.75, 3.05) is 9.80 Å². The van der Waals surface area contributed by atoms with Crippen molar-refractivity contribution in [2.24, 2.45) is 5.92 Å². The predicted molar refractivity (Wildman–Crippen MR) is 224 cm³/mol. The normalized spacial score (nSPS) is 21.5. The molecule has 7 aromatic rings. The minimum absolute atomic E-state index is 0.0111. The molecule has 0 saturated carbocycles. The lowest BCUT2D eigenvalue weighted by Crippen LogP contribution is -2.31. The van der Waals surface area contributed by atoms with Crippen molar-refractivity contribution < 1.29 is 4.42 Å². The first-order valence-corrected chi connectivity index (χ1v) is 19.2. The van der Waals surface area contributed by atoms with Crippen LogP contribution in [0.3, 0.4) is 0 Å². The molecule has 3 heteroatoms. The van der Waals surface area contributed by atoms with E-state index in [1.807, 2.05) is 0 Å². The van der Waals surface area contributed by atoms with Gasteiger partial charge in [-0.05, 0) is 100 Å². The van der Waals surface area contributed by atoms with E-state index >= 15 is 0 Å². The Morgan fingerprint density at radius 1 is 0.630 bits per heavy atom. The highest BCUT2D eigenvalue weighted by Crippen LogP contribution is 2.55. The Kier molecular flexibility index (Phi) is 6.85. The van der Waals surface area contributed by atoms with Crippen molar-refractivity contribution in [1.29, 1.82) is 0 Å². The lowest BCUT2D eigenvalue weighted by molar-refractivity contribution is 0.394. The highest BCUT2D eigenvalue weighted by atomic mass is 16.3. The molecule has 11 rings (SSSR count). The summed E-state index contributed by atoms with van der Waals surface area (Å²) in [7, 11) is 0. The molecule has 6 aromatic carbocycles. The van der Waals surface area contributed by atoms with Crippen LogP contribution in [0, 0.1) is 5.92 Å². The summed E-state index contributed by atoms with van der Waals surface area (Å²) in [6, 6.07) is 50.8. The van der Waals surface area contributed by atoms with E-state index in [-0.39, 0.29) is 17.4 Å². The molecule has 3 nitrogen and oxygen atoms in total. The van der Waals surface area contributed by atoms with E-state index in [0.29, 0.717) is 11.8 Å². The van der Waals surface area contributed by atoms with Gasteiger partial charge < -0.3 is 14.2 Å². The SMILES string of the molecule is CC1(C)c2cc(N(C3=CC4C(C=C3)c3c(ccc5c3oc3ccccc35)N4c3ccccc3)c3ccc(-c4ccccc4)cc3)ccc2C2C=CC=CC21. The molecule has 4 aliphatic rings. The first-order chi connectivity index (χ1) is 26.5. The molecule has 54 heavy (non-hydrogen) atoms. The first kappa shape index (κ1) is 31.2. The van der Waals surface area contributed by atoms with E-state index in [4.69, 9.17) is 4.42 Å². The molecular weight excluding hydrogens is 657 g/mol. The smallest absolute Gasteiger partial charge is 0.141 e. The van der Waals surface area contributed by atoms with Gasteiger partial charge in [-0.2, -0.15) is 0 Å². The molecule has 0 saturated heterocycles. The quantitative estimate of drug-likeness (QED) is 0.179. The molecule has 0 spiro atoms. The third-order valence-corrected chi connectivity index (χ3v) is 12.5. The third kappa shape index (κ3) is 4.61. The number of hydrogen-bond acceptors (Lipinski definition) is 3. The molecule has 1 aliphatic heterocycles. The van der Waals surface area contributed by atoms with Gasteiger partial charge in [-0.1, -0.05) is 129 Å². The number of furan rings is 1. The number of nitrogens with zero attached hydrogens (tertiary/aromatic N) is 2. The number of anilines is 4. The lowest BCUT2D eigenvalue weighted by Gasteiger charge is -2.34. The average molecular weight is 697 g/mol. The number of allylic oxidation sites excluding steroid dienone is 5. The van der Waals surface area contributed by atoms with E-state index in [0.717, 1.165) is 27.9 Å². The van der Waals surface area contributed by atoms with Crippen LogP contribution in [0.4, 0.5) is 22.7 Å². The fourth-order valence-electron chi connectivity index (χ4n) is 9.88. The van der Waals surface area contributed by atoms with Crippen LogP contribution in [0.5, 0.6) is 0 Å². The Morgan fingerprint density at radius 2 is 1.35 bits per heavy atom. The number of rotatable bonds is 5. The van der Waals surface area contributed by atoms with E-state index in [9.17, 15) is 0 Å². The molecule has 3 aliphatic carbocycles. The Balaban J connectivity index is 1.08. The standard InChI is InChI=1S/C51H40N2O/c1-51(2)44-19-11-9-17-39(44)40-27-25-37(31-45(40)51)52(36-23-21-34(22-24-36)33-13-5-3-6-14-33)38-26-28-43-47(32-38)53(35-15-7-4-8-16-35)46-30-29-42-41-18-10-12-20-48(41)54-50(42)49(43)46/h3-32,39,43-44,47H,1-2H3. The highest BCUT2D eigenvalue weighted by molar-refractivity contribution is 6.08. The summed E-state index contributed by atoms with van der Waals surface area (Å²) in [5.74, 6) is 0.984. The van der Waals surface area contributed by atoms with Gasteiger partial charge in [-0.15, -0.1) is 0 Å². The van der Waals surface area contributed by atoms with Gasteiger partial charge in [-0.3, -0.25) is 0 Å². The second kappa shape index (κ2) is 11.8. The zero-order chi connectivity index (χ0) is 36.0. The highest BCUT2D eigenvalue weighted by Gasteiger charge is 2.45. The molecule has 0 amide bonds. The summed E-state index contributed by atoms with van der Waals surface area (Å²) in [5.41, 5.74) is 14.3. The van der Waals surface area contributed by atoms with Gasteiger partial charge in [0.25, 0.3) is 0 Å². The van der Waals surface area contributed by atoms with Gasteiger partial charge in [-0.25, -0.2) is 0 Å². The lowest BCUT2D eigenvalue weighted by atomic mass is 9.74. The molecule has 0 fully saturated rings. The zero-order valence-corrected chi connectivity index (χ0v) is 30.4. The van der Waals surface area contributed by atoms with Crippen molar-refractivity contribution in [1.82, 2.24) is 0 Å². The molecule has 260 valence electrons. The van der Waals surface area contributed by atoms with Crippen molar-refractivity contribution in [3.05, 3.63) is 204 Å². The summed E-state index contributed by atoms with van der Waals surface area (Å²) in [6.07, 6.45) is 16.5. The second-order valence-corrected chi connectivity index (χ2v) is 15.7. The number of para-hydroxylation sites is 2. The van der Waals surface area contributed by atoms with Crippen LogP contribution in [0.25, 0.3) is 33.1 Å². The van der Waals surface area contributed by atoms with Crippen LogP contribution < -0.4 is 9.80 Å². The molecule has 4 unspecified atom stereocenters. The molecule has 0 N–H and O–H groups in total. The minimum atomic E-state index is 0.0111. The average Bonchev–Trinajstić information content (AvgIpc) is 3.84. The van der Waals surface area contributed by atoms with Gasteiger partial charge in [0.1, 0.15) is 11.2 Å². The summed E-state index contributed by atoms with van der Waals surface area (Å²) >= 11 is 0. The summed E-state index contributed by atoms with van der Waals surface area (Å²) in [6.45, 7) is 4.83. The maximum atomic E-state index is 6.69. The van der Waals surface area contributed by atoms with Crippen LogP contribution in [0.2, 0.25) is 0 Å². The molecule has 4 atom stereocenters. The van der Waals surface area contributed by atoms with Crippen molar-refractivity contribution >= 4 is 44.7 Å². The molecular formula is C51H40N2O.